The zero-order valence-corrected chi connectivity index (χ0v) is 10.6. The highest BCUT2D eigenvalue weighted by Crippen LogP contribution is 2.26. The maximum absolute atomic E-state index is 11.5. The highest BCUT2D eigenvalue weighted by Gasteiger charge is 2.16. The molecule has 2 N–H and O–H groups in total. The molecular formula is C13H14N4O2. The summed E-state index contributed by atoms with van der Waals surface area (Å²) < 4.78 is 4.87. The van der Waals surface area contributed by atoms with Crippen LogP contribution in [0.15, 0.2) is 18.2 Å². The van der Waals surface area contributed by atoms with Crippen molar-refractivity contribution >= 4 is 11.7 Å². The van der Waals surface area contributed by atoms with Crippen LogP contribution in [0.3, 0.4) is 0 Å². The monoisotopic (exact) mass is 258 g/mol. The van der Waals surface area contributed by atoms with Crippen LogP contribution in [0.25, 0.3) is 11.4 Å². The quantitative estimate of drug-likeness (QED) is 0.818. The molecule has 19 heavy (non-hydrogen) atoms. The number of benzene rings is 1. The van der Waals surface area contributed by atoms with Gasteiger partial charge >= 0.3 is 5.97 Å². The standard InChI is InChI=1S/C13H14N4O2/c1-2-19-13(18)12-15-11(16-17-12)9-3-4-10-8(7-9)5-6-14-10/h3-4,7,14H,2,5-6H2,1H3,(H,15,16,17). The molecule has 1 aromatic heterocycles. The molecule has 2 aromatic rings. The molecule has 2 heterocycles. The van der Waals surface area contributed by atoms with Crippen molar-refractivity contribution in [2.45, 2.75) is 13.3 Å². The van der Waals surface area contributed by atoms with Gasteiger partial charge < -0.3 is 10.1 Å². The first-order valence-corrected chi connectivity index (χ1v) is 6.24. The summed E-state index contributed by atoms with van der Waals surface area (Å²) in [6.45, 7) is 3.03. The molecule has 1 aliphatic rings. The molecule has 0 fully saturated rings. The summed E-state index contributed by atoms with van der Waals surface area (Å²) in [6.07, 6.45) is 0.998. The van der Waals surface area contributed by atoms with Gasteiger partial charge in [0.05, 0.1) is 6.61 Å². The van der Waals surface area contributed by atoms with Gasteiger partial charge in [-0.1, -0.05) is 0 Å². The Labute approximate surface area is 110 Å². The Hall–Kier alpha value is -2.37. The van der Waals surface area contributed by atoms with E-state index in [1.807, 2.05) is 18.2 Å². The molecule has 0 aliphatic carbocycles. The molecule has 1 aliphatic heterocycles. The minimum Gasteiger partial charge on any atom is -0.460 e. The number of carbonyl (C=O) groups is 1. The summed E-state index contributed by atoms with van der Waals surface area (Å²) in [4.78, 5) is 15.7. The van der Waals surface area contributed by atoms with E-state index in [1.165, 1.54) is 5.56 Å². The van der Waals surface area contributed by atoms with Crippen molar-refractivity contribution in [2.24, 2.45) is 0 Å². The Balaban J connectivity index is 1.88. The van der Waals surface area contributed by atoms with E-state index in [2.05, 4.69) is 20.5 Å². The molecule has 0 saturated carbocycles. The summed E-state index contributed by atoms with van der Waals surface area (Å²) in [5, 5.41) is 9.96. The Bertz CT molecular complexity index is 621. The van der Waals surface area contributed by atoms with E-state index in [9.17, 15) is 4.79 Å². The Morgan fingerprint density at radius 2 is 2.37 bits per heavy atom. The van der Waals surface area contributed by atoms with E-state index in [-0.39, 0.29) is 5.82 Å². The van der Waals surface area contributed by atoms with Gasteiger partial charge in [-0.3, -0.25) is 5.10 Å². The third kappa shape index (κ3) is 2.16. The molecular weight excluding hydrogens is 244 g/mol. The predicted molar refractivity (Wildman–Crippen MR) is 70.0 cm³/mol. The van der Waals surface area contributed by atoms with Gasteiger partial charge in [0.25, 0.3) is 0 Å². The van der Waals surface area contributed by atoms with Crippen molar-refractivity contribution in [3.05, 3.63) is 29.6 Å². The molecule has 0 saturated heterocycles. The van der Waals surface area contributed by atoms with Gasteiger partial charge in [0, 0.05) is 17.8 Å². The zero-order chi connectivity index (χ0) is 13.2. The first-order valence-electron chi connectivity index (χ1n) is 6.24. The molecule has 3 rings (SSSR count). The number of fused-ring (bicyclic) bond motifs is 1. The van der Waals surface area contributed by atoms with Gasteiger partial charge in [-0.15, -0.1) is 0 Å². The topological polar surface area (TPSA) is 79.9 Å². The van der Waals surface area contributed by atoms with Crippen LogP contribution < -0.4 is 5.32 Å². The Morgan fingerprint density at radius 3 is 3.21 bits per heavy atom. The lowest BCUT2D eigenvalue weighted by Crippen LogP contribution is -2.06. The lowest BCUT2D eigenvalue weighted by atomic mass is 10.1. The second-order valence-electron chi connectivity index (χ2n) is 4.28. The van der Waals surface area contributed by atoms with Crippen LogP contribution in [0.5, 0.6) is 0 Å². The number of aromatic amines is 1. The number of carbonyl (C=O) groups excluding carboxylic acids is 1. The van der Waals surface area contributed by atoms with Gasteiger partial charge in [-0.2, -0.15) is 5.10 Å². The molecule has 0 amide bonds. The van der Waals surface area contributed by atoms with Gasteiger partial charge in [0.2, 0.25) is 5.82 Å². The molecule has 0 atom stereocenters. The first kappa shape index (κ1) is 11.7. The molecule has 0 radical (unpaired) electrons. The number of hydrogen-bond acceptors (Lipinski definition) is 5. The fourth-order valence-corrected chi connectivity index (χ4v) is 2.13. The summed E-state index contributed by atoms with van der Waals surface area (Å²) in [6, 6.07) is 6.00. The van der Waals surface area contributed by atoms with E-state index in [0.717, 1.165) is 24.2 Å². The maximum atomic E-state index is 11.5. The summed E-state index contributed by atoms with van der Waals surface area (Å²) >= 11 is 0. The van der Waals surface area contributed by atoms with Crippen molar-refractivity contribution in [1.82, 2.24) is 15.2 Å². The third-order valence-corrected chi connectivity index (χ3v) is 3.03. The van der Waals surface area contributed by atoms with E-state index in [4.69, 9.17) is 4.74 Å². The zero-order valence-electron chi connectivity index (χ0n) is 10.6. The molecule has 6 heteroatoms. The van der Waals surface area contributed by atoms with E-state index in [1.54, 1.807) is 6.92 Å². The van der Waals surface area contributed by atoms with E-state index >= 15 is 0 Å². The summed E-state index contributed by atoms with van der Waals surface area (Å²) in [5.74, 6) is 0.164. The van der Waals surface area contributed by atoms with Crippen LogP contribution in [0.2, 0.25) is 0 Å². The van der Waals surface area contributed by atoms with Crippen LogP contribution in [0.4, 0.5) is 5.69 Å². The Morgan fingerprint density at radius 1 is 1.47 bits per heavy atom. The van der Waals surface area contributed by atoms with E-state index < -0.39 is 5.97 Å². The van der Waals surface area contributed by atoms with Gasteiger partial charge in [0.1, 0.15) is 0 Å². The second-order valence-corrected chi connectivity index (χ2v) is 4.28. The van der Waals surface area contributed by atoms with Crippen molar-refractivity contribution in [2.75, 3.05) is 18.5 Å². The lowest BCUT2D eigenvalue weighted by Gasteiger charge is -2.01. The number of anilines is 1. The predicted octanol–water partition coefficient (Wildman–Crippen LogP) is 1.62. The molecule has 1 aromatic carbocycles. The van der Waals surface area contributed by atoms with Crippen LogP contribution in [-0.2, 0) is 11.2 Å². The molecule has 98 valence electrons. The van der Waals surface area contributed by atoms with Crippen LogP contribution in [-0.4, -0.2) is 34.3 Å². The number of rotatable bonds is 3. The fraction of sp³-hybridized carbons (Fsp3) is 0.308. The van der Waals surface area contributed by atoms with E-state index in [0.29, 0.717) is 12.4 Å². The summed E-state index contributed by atoms with van der Waals surface area (Å²) in [5.41, 5.74) is 3.30. The normalized spacial score (nSPS) is 12.9. The summed E-state index contributed by atoms with van der Waals surface area (Å²) in [7, 11) is 0. The molecule has 6 nitrogen and oxygen atoms in total. The largest absolute Gasteiger partial charge is 0.460 e. The second kappa shape index (κ2) is 4.72. The third-order valence-electron chi connectivity index (χ3n) is 3.03. The highest BCUT2D eigenvalue weighted by atomic mass is 16.5. The fourth-order valence-electron chi connectivity index (χ4n) is 2.13. The smallest absolute Gasteiger partial charge is 0.375 e. The van der Waals surface area contributed by atoms with Crippen LogP contribution in [0, 0.1) is 0 Å². The minimum absolute atomic E-state index is 0.135. The number of H-pyrrole nitrogens is 1. The van der Waals surface area contributed by atoms with Gasteiger partial charge in [-0.05, 0) is 37.1 Å². The van der Waals surface area contributed by atoms with Crippen molar-refractivity contribution in [3.8, 4) is 11.4 Å². The molecule has 0 unspecified atom stereocenters. The van der Waals surface area contributed by atoms with Crippen molar-refractivity contribution < 1.29 is 9.53 Å². The number of nitrogens with zero attached hydrogens (tertiary/aromatic N) is 2. The average Bonchev–Trinajstić information content (AvgIpc) is 3.07. The molecule has 0 spiro atoms. The van der Waals surface area contributed by atoms with Gasteiger partial charge in [0.15, 0.2) is 5.82 Å². The van der Waals surface area contributed by atoms with Gasteiger partial charge in [-0.25, -0.2) is 9.78 Å². The minimum atomic E-state index is -0.482. The average molecular weight is 258 g/mol. The van der Waals surface area contributed by atoms with Crippen LogP contribution in [0.1, 0.15) is 23.1 Å². The van der Waals surface area contributed by atoms with Crippen LogP contribution >= 0.6 is 0 Å². The number of aromatic nitrogens is 3. The highest BCUT2D eigenvalue weighted by molar-refractivity contribution is 5.85. The number of nitrogens with one attached hydrogen (secondary N) is 2. The SMILES string of the molecule is CCOC(=O)c1nc(-c2ccc3c(c2)CCN3)n[nH]1. The van der Waals surface area contributed by atoms with Crippen molar-refractivity contribution in [3.63, 3.8) is 0 Å². The maximum Gasteiger partial charge on any atom is 0.375 e. The van der Waals surface area contributed by atoms with Crippen molar-refractivity contribution in [1.29, 1.82) is 0 Å². The Kier molecular flexibility index (Phi) is 2.91. The number of ether oxygens (including phenoxy) is 1. The molecule has 0 bridgehead atoms. The lowest BCUT2D eigenvalue weighted by molar-refractivity contribution is 0.0512. The number of esters is 1. The first-order chi connectivity index (χ1) is 9.28. The number of hydrogen-bond donors (Lipinski definition) is 2.